The lowest BCUT2D eigenvalue weighted by Crippen LogP contribution is -2.25. The van der Waals surface area contributed by atoms with Crippen LogP contribution in [0.4, 0.5) is 0 Å². The van der Waals surface area contributed by atoms with Gasteiger partial charge in [-0.25, -0.2) is 4.98 Å². The molecule has 0 aliphatic rings. The third-order valence-corrected chi connectivity index (χ3v) is 5.05. The molecule has 4 heterocycles. The van der Waals surface area contributed by atoms with Gasteiger partial charge in [0.1, 0.15) is 17.6 Å². The van der Waals surface area contributed by atoms with Crippen molar-refractivity contribution in [2.24, 2.45) is 0 Å². The van der Waals surface area contributed by atoms with Crippen molar-refractivity contribution < 1.29 is 13.7 Å². The topological polar surface area (TPSA) is 101 Å². The highest BCUT2D eigenvalue weighted by molar-refractivity contribution is 6.31. The lowest BCUT2D eigenvalue weighted by Gasteiger charge is -2.12. The molecule has 0 saturated carbocycles. The van der Waals surface area contributed by atoms with Crippen LogP contribution in [0, 0.1) is 6.92 Å². The van der Waals surface area contributed by atoms with Crippen molar-refractivity contribution in [2.75, 3.05) is 13.7 Å². The van der Waals surface area contributed by atoms with Gasteiger partial charge < -0.3 is 18.2 Å². The van der Waals surface area contributed by atoms with E-state index in [0.717, 1.165) is 11.3 Å². The summed E-state index contributed by atoms with van der Waals surface area (Å²) in [4.78, 5) is 22.2. The third-order valence-electron chi connectivity index (χ3n) is 4.81. The molecule has 0 saturated heterocycles. The molecule has 9 nitrogen and oxygen atoms in total. The number of fused-ring (bicyclic) bond motifs is 3. The zero-order valence-electron chi connectivity index (χ0n) is 16.1. The van der Waals surface area contributed by atoms with E-state index in [9.17, 15) is 4.79 Å². The van der Waals surface area contributed by atoms with Crippen LogP contribution in [0.15, 0.2) is 50.4 Å². The van der Waals surface area contributed by atoms with Gasteiger partial charge in [-0.15, -0.1) is 0 Å². The van der Waals surface area contributed by atoms with Crippen molar-refractivity contribution in [3.63, 3.8) is 0 Å². The number of rotatable bonds is 5. The highest BCUT2D eigenvalue weighted by Crippen LogP contribution is 2.27. The third kappa shape index (κ3) is 2.90. The number of hydrogen-bond acceptors (Lipinski definition) is 7. The first-order chi connectivity index (χ1) is 14.6. The molecule has 0 radical (unpaired) electrons. The van der Waals surface area contributed by atoms with Crippen molar-refractivity contribution in [3.8, 4) is 23.2 Å². The quantitative estimate of drug-likeness (QED) is 0.424. The zero-order chi connectivity index (χ0) is 20.8. The number of imidazole rings is 1. The Balaban J connectivity index is 1.74. The Morgan fingerprint density at radius 3 is 2.83 bits per heavy atom. The standard InChI is InChI=1S/C20H16ClN5O4/c1-11-3-6-15(29-11)18-23-19(30-24-18)16-17-20(27)25(7-8-28-2)14-9-12(21)4-5-13(14)26(17)10-22-16/h3-6,9-10H,7-8H2,1-2H3. The molecule has 0 spiro atoms. The van der Waals surface area contributed by atoms with Gasteiger partial charge in [-0.1, -0.05) is 16.8 Å². The molecule has 0 amide bonds. The largest absolute Gasteiger partial charge is 0.458 e. The number of aryl methyl sites for hydroxylation is 1. The molecular weight excluding hydrogens is 410 g/mol. The summed E-state index contributed by atoms with van der Waals surface area (Å²) in [6.45, 7) is 2.55. The first-order valence-corrected chi connectivity index (χ1v) is 9.53. The minimum absolute atomic E-state index is 0.130. The maximum Gasteiger partial charge on any atom is 0.279 e. The highest BCUT2D eigenvalue weighted by atomic mass is 35.5. The average molecular weight is 426 g/mol. The molecule has 0 aliphatic carbocycles. The molecule has 0 unspecified atom stereocenters. The van der Waals surface area contributed by atoms with E-state index in [1.54, 1.807) is 40.6 Å². The molecular formula is C20H16ClN5O4. The van der Waals surface area contributed by atoms with E-state index in [2.05, 4.69) is 15.1 Å². The summed E-state index contributed by atoms with van der Waals surface area (Å²) in [6.07, 6.45) is 1.56. The summed E-state index contributed by atoms with van der Waals surface area (Å²) in [5.41, 5.74) is 1.81. The van der Waals surface area contributed by atoms with Gasteiger partial charge in [-0.3, -0.25) is 9.20 Å². The molecule has 0 N–H and O–H groups in total. The van der Waals surface area contributed by atoms with Gasteiger partial charge in [0.2, 0.25) is 5.82 Å². The van der Waals surface area contributed by atoms with Gasteiger partial charge in [0, 0.05) is 18.7 Å². The number of aromatic nitrogens is 5. The van der Waals surface area contributed by atoms with Gasteiger partial charge in [0.15, 0.2) is 11.5 Å². The Morgan fingerprint density at radius 1 is 1.20 bits per heavy atom. The number of ether oxygens (including phenoxy) is 1. The van der Waals surface area contributed by atoms with E-state index in [0.29, 0.717) is 40.7 Å². The first kappa shape index (κ1) is 18.6. The Morgan fingerprint density at radius 2 is 2.07 bits per heavy atom. The van der Waals surface area contributed by atoms with Gasteiger partial charge >= 0.3 is 0 Å². The van der Waals surface area contributed by atoms with E-state index >= 15 is 0 Å². The minimum Gasteiger partial charge on any atom is -0.458 e. The summed E-state index contributed by atoms with van der Waals surface area (Å²) in [5, 5.41) is 4.49. The van der Waals surface area contributed by atoms with Crippen molar-refractivity contribution in [1.29, 1.82) is 0 Å². The summed E-state index contributed by atoms with van der Waals surface area (Å²) in [6, 6.07) is 8.91. The number of furan rings is 1. The molecule has 0 bridgehead atoms. The Kier molecular flexibility index (Phi) is 4.41. The van der Waals surface area contributed by atoms with E-state index in [-0.39, 0.29) is 17.3 Å². The van der Waals surface area contributed by atoms with Crippen LogP contribution in [-0.2, 0) is 11.3 Å². The van der Waals surface area contributed by atoms with Crippen molar-refractivity contribution in [3.05, 3.63) is 57.8 Å². The van der Waals surface area contributed by atoms with Gasteiger partial charge in [0.25, 0.3) is 11.4 Å². The van der Waals surface area contributed by atoms with Crippen molar-refractivity contribution >= 4 is 28.2 Å². The number of nitrogens with zero attached hydrogens (tertiary/aromatic N) is 5. The smallest absolute Gasteiger partial charge is 0.279 e. The molecule has 10 heteroatoms. The molecule has 4 aromatic heterocycles. The van der Waals surface area contributed by atoms with Crippen molar-refractivity contribution in [1.82, 2.24) is 24.1 Å². The van der Waals surface area contributed by atoms with Gasteiger partial charge in [-0.2, -0.15) is 4.98 Å². The van der Waals surface area contributed by atoms with E-state index in [4.69, 9.17) is 25.3 Å². The zero-order valence-corrected chi connectivity index (χ0v) is 16.9. The fourth-order valence-electron chi connectivity index (χ4n) is 3.42. The maximum atomic E-state index is 13.4. The molecule has 0 fully saturated rings. The van der Waals surface area contributed by atoms with Crippen LogP contribution in [-0.4, -0.2) is 37.8 Å². The van der Waals surface area contributed by atoms with E-state index < -0.39 is 0 Å². The summed E-state index contributed by atoms with van der Waals surface area (Å²) < 4.78 is 19.4. The molecule has 0 aliphatic heterocycles. The molecule has 30 heavy (non-hydrogen) atoms. The van der Waals surface area contributed by atoms with Crippen LogP contribution in [0.25, 0.3) is 39.7 Å². The van der Waals surface area contributed by atoms with E-state index in [1.807, 2.05) is 19.1 Å². The lowest BCUT2D eigenvalue weighted by molar-refractivity contribution is 0.187. The van der Waals surface area contributed by atoms with Crippen LogP contribution < -0.4 is 5.56 Å². The second-order valence-corrected chi connectivity index (χ2v) is 7.16. The van der Waals surface area contributed by atoms with Gasteiger partial charge in [-0.05, 0) is 37.3 Å². The minimum atomic E-state index is -0.261. The normalized spacial score (nSPS) is 11.7. The molecule has 5 aromatic rings. The second kappa shape index (κ2) is 7.12. The van der Waals surface area contributed by atoms with E-state index in [1.165, 1.54) is 0 Å². The van der Waals surface area contributed by atoms with Gasteiger partial charge in [0.05, 0.1) is 17.6 Å². The maximum absolute atomic E-state index is 13.4. The molecule has 1 aromatic carbocycles. The fraction of sp³-hybridized carbons (Fsp3) is 0.200. The predicted molar refractivity (Wildman–Crippen MR) is 110 cm³/mol. The monoisotopic (exact) mass is 425 g/mol. The van der Waals surface area contributed by atoms with Crippen LogP contribution in [0.2, 0.25) is 5.02 Å². The second-order valence-electron chi connectivity index (χ2n) is 6.73. The number of benzene rings is 1. The summed E-state index contributed by atoms with van der Waals surface area (Å²) in [7, 11) is 1.58. The number of halogens is 1. The van der Waals surface area contributed by atoms with Crippen LogP contribution in [0.3, 0.4) is 0 Å². The Labute approximate surface area is 174 Å². The van der Waals surface area contributed by atoms with Crippen LogP contribution >= 0.6 is 11.6 Å². The average Bonchev–Trinajstić information content (AvgIpc) is 3.46. The number of hydrogen-bond donors (Lipinski definition) is 0. The summed E-state index contributed by atoms with van der Waals surface area (Å²) >= 11 is 6.18. The Bertz CT molecular complexity index is 1440. The Hall–Kier alpha value is -3.43. The SMILES string of the molecule is COCCn1c(=O)c2c(-c3nc(-c4ccc(C)o4)no3)ncn2c2ccc(Cl)cc21. The van der Waals surface area contributed by atoms with Crippen molar-refractivity contribution in [2.45, 2.75) is 13.5 Å². The fourth-order valence-corrected chi connectivity index (χ4v) is 3.59. The first-order valence-electron chi connectivity index (χ1n) is 9.16. The van der Waals surface area contributed by atoms with Crippen LogP contribution in [0.1, 0.15) is 5.76 Å². The number of methoxy groups -OCH3 is 1. The van der Waals surface area contributed by atoms with Crippen LogP contribution in [0.5, 0.6) is 0 Å². The summed E-state index contributed by atoms with van der Waals surface area (Å²) in [5.74, 6) is 1.62. The molecule has 5 rings (SSSR count). The lowest BCUT2D eigenvalue weighted by atomic mass is 10.2. The highest BCUT2D eigenvalue weighted by Gasteiger charge is 2.22. The molecule has 152 valence electrons. The molecule has 0 atom stereocenters. The predicted octanol–water partition coefficient (Wildman–Crippen LogP) is 3.57.